The zero-order chi connectivity index (χ0) is 12.7. The summed E-state index contributed by atoms with van der Waals surface area (Å²) in [5.41, 5.74) is 0. The van der Waals surface area contributed by atoms with Crippen LogP contribution in [0.2, 0.25) is 0 Å². The van der Waals surface area contributed by atoms with E-state index in [0.29, 0.717) is 32.8 Å². The maximum atomic E-state index is 12.3. The highest BCUT2D eigenvalue weighted by Crippen LogP contribution is 2.09. The molecule has 1 rings (SSSR count). The molecule has 0 bridgehead atoms. The molecule has 0 aromatic carbocycles. The minimum atomic E-state index is -3.32. The average molecular weight is 265 g/mol. The summed E-state index contributed by atoms with van der Waals surface area (Å²) >= 11 is 0. The Hall–Kier alpha value is -0.210. The SMILES string of the molecule is CCN(CCOC)S(=O)(=O)N1CCCNCC1. The number of ether oxygens (including phenoxy) is 1. The van der Waals surface area contributed by atoms with Crippen LogP contribution in [0.5, 0.6) is 0 Å². The highest BCUT2D eigenvalue weighted by atomic mass is 32.2. The van der Waals surface area contributed by atoms with E-state index >= 15 is 0 Å². The molecule has 17 heavy (non-hydrogen) atoms. The quantitative estimate of drug-likeness (QED) is 0.703. The van der Waals surface area contributed by atoms with Crippen molar-refractivity contribution in [2.75, 3.05) is 53.0 Å². The summed E-state index contributed by atoms with van der Waals surface area (Å²) in [5, 5.41) is 3.20. The van der Waals surface area contributed by atoms with Gasteiger partial charge in [0.1, 0.15) is 0 Å². The third kappa shape index (κ3) is 4.18. The van der Waals surface area contributed by atoms with Gasteiger partial charge in [-0.15, -0.1) is 0 Å². The van der Waals surface area contributed by atoms with Crippen LogP contribution >= 0.6 is 0 Å². The molecule has 0 unspecified atom stereocenters. The molecule has 0 aromatic rings. The lowest BCUT2D eigenvalue weighted by Crippen LogP contribution is -2.46. The lowest BCUT2D eigenvalue weighted by atomic mass is 10.4. The highest BCUT2D eigenvalue weighted by molar-refractivity contribution is 7.86. The molecule has 0 atom stereocenters. The summed E-state index contributed by atoms with van der Waals surface area (Å²) in [7, 11) is -1.74. The topological polar surface area (TPSA) is 61.9 Å². The lowest BCUT2D eigenvalue weighted by molar-refractivity contribution is 0.177. The molecule has 102 valence electrons. The van der Waals surface area contributed by atoms with Crippen molar-refractivity contribution in [3.8, 4) is 0 Å². The van der Waals surface area contributed by atoms with E-state index in [9.17, 15) is 8.42 Å². The number of methoxy groups -OCH3 is 1. The molecule has 0 aromatic heterocycles. The van der Waals surface area contributed by atoms with Gasteiger partial charge in [-0.25, -0.2) is 0 Å². The third-order valence-electron chi connectivity index (χ3n) is 2.85. The van der Waals surface area contributed by atoms with Gasteiger partial charge in [0.25, 0.3) is 10.2 Å². The Balaban J connectivity index is 2.68. The van der Waals surface area contributed by atoms with Crippen LogP contribution in [0.4, 0.5) is 0 Å². The number of likely N-dealkylation sites (N-methyl/N-ethyl adjacent to an activating group) is 1. The van der Waals surface area contributed by atoms with E-state index < -0.39 is 10.2 Å². The highest BCUT2D eigenvalue weighted by Gasteiger charge is 2.28. The normalized spacial score (nSPS) is 19.5. The molecule has 0 aliphatic carbocycles. The van der Waals surface area contributed by atoms with E-state index in [-0.39, 0.29) is 0 Å². The number of hydrogen-bond donors (Lipinski definition) is 1. The predicted molar refractivity (Wildman–Crippen MR) is 67.1 cm³/mol. The first-order valence-corrected chi connectivity index (χ1v) is 7.47. The molecule has 7 heteroatoms. The second-order valence-corrected chi connectivity index (χ2v) is 5.92. The van der Waals surface area contributed by atoms with Crippen LogP contribution in [0, 0.1) is 0 Å². The van der Waals surface area contributed by atoms with E-state index in [1.165, 1.54) is 4.31 Å². The van der Waals surface area contributed by atoms with Gasteiger partial charge in [-0.1, -0.05) is 6.92 Å². The van der Waals surface area contributed by atoms with E-state index in [4.69, 9.17) is 4.74 Å². The van der Waals surface area contributed by atoms with Crippen LogP contribution in [0.25, 0.3) is 0 Å². The Morgan fingerprint density at radius 1 is 1.35 bits per heavy atom. The van der Waals surface area contributed by atoms with Crippen molar-refractivity contribution in [2.24, 2.45) is 0 Å². The van der Waals surface area contributed by atoms with E-state index in [0.717, 1.165) is 19.5 Å². The molecule has 1 heterocycles. The summed E-state index contributed by atoms with van der Waals surface area (Å²) in [6.45, 7) is 5.93. The van der Waals surface area contributed by atoms with Crippen molar-refractivity contribution in [1.82, 2.24) is 13.9 Å². The number of rotatable bonds is 6. The molecule has 0 amide bonds. The number of hydrogen-bond acceptors (Lipinski definition) is 4. The van der Waals surface area contributed by atoms with Crippen molar-refractivity contribution in [3.63, 3.8) is 0 Å². The first-order valence-electron chi connectivity index (χ1n) is 6.07. The molecule has 0 radical (unpaired) electrons. The predicted octanol–water partition coefficient (Wildman–Crippen LogP) is -0.505. The van der Waals surface area contributed by atoms with Gasteiger partial charge < -0.3 is 10.1 Å². The van der Waals surface area contributed by atoms with Crippen molar-refractivity contribution < 1.29 is 13.2 Å². The molecule has 1 N–H and O–H groups in total. The smallest absolute Gasteiger partial charge is 0.282 e. The van der Waals surface area contributed by atoms with Gasteiger partial charge in [0.15, 0.2) is 0 Å². The van der Waals surface area contributed by atoms with Gasteiger partial charge in [0, 0.05) is 39.8 Å². The minimum Gasteiger partial charge on any atom is -0.383 e. The minimum absolute atomic E-state index is 0.416. The Kier molecular flexibility index (Phi) is 6.35. The lowest BCUT2D eigenvalue weighted by Gasteiger charge is -2.27. The molecule has 0 saturated carbocycles. The van der Waals surface area contributed by atoms with E-state index in [1.54, 1.807) is 11.4 Å². The van der Waals surface area contributed by atoms with E-state index in [1.807, 2.05) is 6.92 Å². The summed E-state index contributed by atoms with van der Waals surface area (Å²) in [5.74, 6) is 0. The summed E-state index contributed by atoms with van der Waals surface area (Å²) in [6.07, 6.45) is 0.862. The Bertz CT molecular complexity index is 300. The van der Waals surface area contributed by atoms with Crippen molar-refractivity contribution in [2.45, 2.75) is 13.3 Å². The van der Waals surface area contributed by atoms with Gasteiger partial charge in [-0.05, 0) is 13.0 Å². The van der Waals surface area contributed by atoms with Crippen LogP contribution < -0.4 is 5.32 Å². The van der Waals surface area contributed by atoms with Crippen molar-refractivity contribution in [1.29, 1.82) is 0 Å². The molecule has 6 nitrogen and oxygen atoms in total. The monoisotopic (exact) mass is 265 g/mol. The molecule has 1 fully saturated rings. The first-order chi connectivity index (χ1) is 8.12. The second-order valence-electron chi connectivity index (χ2n) is 3.99. The summed E-state index contributed by atoms with van der Waals surface area (Å²) in [6, 6.07) is 0. The van der Waals surface area contributed by atoms with Crippen LogP contribution in [0.3, 0.4) is 0 Å². The fourth-order valence-corrected chi connectivity index (χ4v) is 3.48. The number of nitrogens with zero attached hydrogens (tertiary/aromatic N) is 2. The van der Waals surface area contributed by atoms with Crippen molar-refractivity contribution in [3.05, 3.63) is 0 Å². The molecule has 1 saturated heterocycles. The fraction of sp³-hybridized carbons (Fsp3) is 1.00. The van der Waals surface area contributed by atoms with Crippen LogP contribution in [-0.2, 0) is 14.9 Å². The standard InChI is InChI=1S/C10H23N3O3S/c1-3-12(9-10-16-2)17(14,15)13-7-4-5-11-6-8-13/h11H,3-10H2,1-2H3. The van der Waals surface area contributed by atoms with Gasteiger partial charge >= 0.3 is 0 Å². The Morgan fingerprint density at radius 2 is 2.12 bits per heavy atom. The maximum Gasteiger partial charge on any atom is 0.282 e. The first kappa shape index (κ1) is 14.8. The van der Waals surface area contributed by atoms with Crippen LogP contribution in [0.1, 0.15) is 13.3 Å². The molecular formula is C10H23N3O3S. The third-order valence-corrected chi connectivity index (χ3v) is 4.96. The Labute approximate surface area is 104 Å². The summed E-state index contributed by atoms with van der Waals surface area (Å²) in [4.78, 5) is 0. The maximum absolute atomic E-state index is 12.3. The number of nitrogens with one attached hydrogen (secondary N) is 1. The largest absolute Gasteiger partial charge is 0.383 e. The molecule has 1 aliphatic rings. The Morgan fingerprint density at radius 3 is 2.76 bits per heavy atom. The average Bonchev–Trinajstić information content (AvgIpc) is 2.58. The van der Waals surface area contributed by atoms with Crippen LogP contribution in [0.15, 0.2) is 0 Å². The van der Waals surface area contributed by atoms with Crippen LogP contribution in [-0.4, -0.2) is 70.0 Å². The van der Waals surface area contributed by atoms with E-state index in [2.05, 4.69) is 5.32 Å². The molecule has 0 spiro atoms. The zero-order valence-electron chi connectivity index (χ0n) is 10.7. The van der Waals surface area contributed by atoms with Gasteiger partial charge in [0.05, 0.1) is 6.61 Å². The zero-order valence-corrected chi connectivity index (χ0v) is 11.5. The van der Waals surface area contributed by atoms with Gasteiger partial charge in [-0.3, -0.25) is 0 Å². The fourth-order valence-electron chi connectivity index (χ4n) is 1.84. The summed E-state index contributed by atoms with van der Waals surface area (Å²) < 4.78 is 32.7. The van der Waals surface area contributed by atoms with Gasteiger partial charge in [-0.2, -0.15) is 17.0 Å². The van der Waals surface area contributed by atoms with Gasteiger partial charge in [0.2, 0.25) is 0 Å². The van der Waals surface area contributed by atoms with Crippen molar-refractivity contribution >= 4 is 10.2 Å². The second kappa shape index (κ2) is 7.27. The molecule has 1 aliphatic heterocycles. The molecular weight excluding hydrogens is 242 g/mol.